The third kappa shape index (κ3) is 4.47. The molecular formula is C18H27N7OS. The Labute approximate surface area is 163 Å². The topological polar surface area (TPSA) is 78.7 Å². The van der Waals surface area contributed by atoms with Crippen molar-refractivity contribution in [2.24, 2.45) is 12.0 Å². The van der Waals surface area contributed by atoms with E-state index in [0.717, 1.165) is 22.3 Å². The number of rotatable bonds is 3. The van der Waals surface area contributed by atoms with E-state index in [-0.39, 0.29) is 11.3 Å². The highest BCUT2D eigenvalue weighted by molar-refractivity contribution is 7.09. The number of amides is 1. The molecular weight excluding hydrogens is 362 g/mol. The van der Waals surface area contributed by atoms with Crippen molar-refractivity contribution < 1.29 is 4.79 Å². The maximum absolute atomic E-state index is 12.6. The molecule has 1 N–H and O–H groups in total. The highest BCUT2D eigenvalue weighted by atomic mass is 32.1. The van der Waals surface area contributed by atoms with Gasteiger partial charge in [-0.2, -0.15) is 5.10 Å². The summed E-state index contributed by atoms with van der Waals surface area (Å²) < 4.78 is 1.70. The van der Waals surface area contributed by atoms with Gasteiger partial charge >= 0.3 is 0 Å². The lowest BCUT2D eigenvalue weighted by atomic mass is 9.93. The average Bonchev–Trinajstić information content (AvgIpc) is 3.24. The van der Waals surface area contributed by atoms with E-state index in [4.69, 9.17) is 4.98 Å². The first-order valence-corrected chi connectivity index (χ1v) is 9.85. The zero-order valence-electron chi connectivity index (χ0n) is 16.6. The van der Waals surface area contributed by atoms with E-state index in [1.807, 2.05) is 18.1 Å². The number of hydrogen-bond donors (Lipinski definition) is 1. The van der Waals surface area contributed by atoms with Gasteiger partial charge in [-0.15, -0.1) is 11.3 Å². The molecule has 1 aliphatic rings. The minimum absolute atomic E-state index is 0.0430. The zero-order valence-corrected chi connectivity index (χ0v) is 17.4. The lowest BCUT2D eigenvalue weighted by molar-refractivity contribution is -0.120. The smallest absolute Gasteiger partial charge is 0.246 e. The van der Waals surface area contributed by atoms with Gasteiger partial charge < -0.3 is 15.1 Å². The number of thiazole rings is 1. The molecule has 146 valence electrons. The molecule has 8 nitrogen and oxygen atoms in total. The van der Waals surface area contributed by atoms with Crippen molar-refractivity contribution in [3.8, 4) is 0 Å². The molecule has 0 spiro atoms. The number of hydrogen-bond acceptors (Lipinski definition) is 5. The summed E-state index contributed by atoms with van der Waals surface area (Å²) in [6, 6.07) is 0. The molecule has 0 unspecified atom stereocenters. The second-order valence-electron chi connectivity index (χ2n) is 7.62. The van der Waals surface area contributed by atoms with Crippen LogP contribution in [-0.4, -0.2) is 58.2 Å². The fourth-order valence-electron chi connectivity index (χ4n) is 2.90. The molecule has 2 aromatic heterocycles. The highest BCUT2D eigenvalue weighted by Crippen LogP contribution is 2.23. The van der Waals surface area contributed by atoms with Crippen molar-refractivity contribution in [2.75, 3.05) is 31.6 Å². The van der Waals surface area contributed by atoms with Gasteiger partial charge in [0.2, 0.25) is 5.91 Å². The average molecular weight is 390 g/mol. The maximum atomic E-state index is 12.6. The standard InChI is InChI=1S/C18H27N7OS/c1-18(2,3)14-12-27-15(22-14)9-20-17(19-4)24-6-7-25(16(26)11-24)13-8-21-23(5)10-13/h8,10,12H,6-7,9,11H2,1-5H3,(H,19,20). The van der Waals surface area contributed by atoms with Gasteiger partial charge in [0.25, 0.3) is 0 Å². The summed E-state index contributed by atoms with van der Waals surface area (Å²) in [6.45, 7) is 8.69. The number of carbonyl (C=O) groups excluding carboxylic acids is 1. The van der Waals surface area contributed by atoms with Crippen LogP contribution in [0.2, 0.25) is 0 Å². The first-order valence-electron chi connectivity index (χ1n) is 8.97. The van der Waals surface area contributed by atoms with Crippen LogP contribution in [0.15, 0.2) is 22.8 Å². The van der Waals surface area contributed by atoms with E-state index in [0.29, 0.717) is 26.2 Å². The molecule has 9 heteroatoms. The second kappa shape index (κ2) is 7.67. The van der Waals surface area contributed by atoms with Crippen molar-refractivity contribution in [3.63, 3.8) is 0 Å². The van der Waals surface area contributed by atoms with E-state index in [9.17, 15) is 4.79 Å². The predicted octanol–water partition coefficient (Wildman–Crippen LogP) is 1.60. The summed E-state index contributed by atoms with van der Waals surface area (Å²) in [5.41, 5.74) is 1.98. The van der Waals surface area contributed by atoms with E-state index in [2.05, 4.69) is 41.6 Å². The number of nitrogens with one attached hydrogen (secondary N) is 1. The third-order valence-electron chi connectivity index (χ3n) is 4.45. The maximum Gasteiger partial charge on any atom is 0.246 e. The molecule has 27 heavy (non-hydrogen) atoms. The monoisotopic (exact) mass is 389 g/mol. The summed E-state index contributed by atoms with van der Waals surface area (Å²) >= 11 is 1.64. The van der Waals surface area contributed by atoms with Crippen LogP contribution in [0.5, 0.6) is 0 Å². The Bertz CT molecular complexity index is 833. The number of carbonyl (C=O) groups is 1. The zero-order chi connectivity index (χ0) is 19.6. The van der Waals surface area contributed by atoms with Crippen molar-refractivity contribution in [1.82, 2.24) is 25.0 Å². The van der Waals surface area contributed by atoms with Gasteiger partial charge in [0.1, 0.15) is 11.6 Å². The molecule has 3 heterocycles. The van der Waals surface area contributed by atoms with Crippen LogP contribution < -0.4 is 10.2 Å². The number of nitrogens with zero attached hydrogens (tertiary/aromatic N) is 6. The third-order valence-corrected chi connectivity index (χ3v) is 5.30. The van der Waals surface area contributed by atoms with Crippen LogP contribution in [0.3, 0.4) is 0 Å². The molecule has 0 aliphatic carbocycles. The van der Waals surface area contributed by atoms with E-state index in [1.54, 1.807) is 34.2 Å². The van der Waals surface area contributed by atoms with Gasteiger partial charge in [0.05, 0.1) is 24.1 Å². The molecule has 1 amide bonds. The predicted molar refractivity (Wildman–Crippen MR) is 108 cm³/mol. The molecule has 0 saturated carbocycles. The molecule has 0 radical (unpaired) electrons. The van der Waals surface area contributed by atoms with Crippen molar-refractivity contribution in [1.29, 1.82) is 0 Å². The summed E-state index contributed by atoms with van der Waals surface area (Å²) in [4.78, 5) is 25.4. The largest absolute Gasteiger partial charge is 0.350 e. The Kier molecular flexibility index (Phi) is 5.50. The minimum atomic E-state index is 0.0430. The number of aryl methyl sites for hydroxylation is 1. The highest BCUT2D eigenvalue weighted by Gasteiger charge is 2.27. The Morgan fingerprint density at radius 2 is 2.15 bits per heavy atom. The quantitative estimate of drug-likeness (QED) is 0.637. The fourth-order valence-corrected chi connectivity index (χ4v) is 3.86. The molecule has 0 bridgehead atoms. The van der Waals surface area contributed by atoms with Gasteiger partial charge in [0.15, 0.2) is 5.96 Å². The first kappa shape index (κ1) is 19.3. The van der Waals surface area contributed by atoms with Gasteiger partial charge in [-0.1, -0.05) is 20.8 Å². The minimum Gasteiger partial charge on any atom is -0.350 e. The van der Waals surface area contributed by atoms with E-state index < -0.39 is 0 Å². The van der Waals surface area contributed by atoms with Crippen molar-refractivity contribution in [2.45, 2.75) is 32.7 Å². The molecule has 1 aliphatic heterocycles. The summed E-state index contributed by atoms with van der Waals surface area (Å²) in [7, 11) is 3.59. The number of piperazine rings is 1. The SMILES string of the molecule is CN=C(NCc1nc(C(C)(C)C)cs1)N1CCN(c2cnn(C)c2)C(=O)C1. The van der Waals surface area contributed by atoms with E-state index in [1.165, 1.54) is 0 Å². The molecule has 3 rings (SSSR count). The molecule has 0 atom stereocenters. The van der Waals surface area contributed by atoms with Crippen LogP contribution >= 0.6 is 11.3 Å². The second-order valence-corrected chi connectivity index (χ2v) is 8.56. The number of aromatic nitrogens is 3. The summed E-state index contributed by atoms with van der Waals surface area (Å²) in [5.74, 6) is 0.767. The Balaban J connectivity index is 1.59. The van der Waals surface area contributed by atoms with Gasteiger partial charge in [0, 0.05) is 44.2 Å². The number of aliphatic imine (C=N–C) groups is 1. The summed E-state index contributed by atoms with van der Waals surface area (Å²) in [5, 5.41) is 10.6. The lowest BCUT2D eigenvalue weighted by Crippen LogP contribution is -2.55. The number of anilines is 1. The molecule has 2 aromatic rings. The fraction of sp³-hybridized carbons (Fsp3) is 0.556. The summed E-state index contributed by atoms with van der Waals surface area (Å²) in [6.07, 6.45) is 3.58. The Morgan fingerprint density at radius 3 is 2.70 bits per heavy atom. The van der Waals surface area contributed by atoms with Crippen LogP contribution in [0.25, 0.3) is 0 Å². The van der Waals surface area contributed by atoms with Crippen molar-refractivity contribution in [3.05, 3.63) is 28.5 Å². The van der Waals surface area contributed by atoms with Crippen LogP contribution in [0.1, 0.15) is 31.5 Å². The van der Waals surface area contributed by atoms with Gasteiger partial charge in [-0.3, -0.25) is 14.5 Å². The van der Waals surface area contributed by atoms with Crippen LogP contribution in [0, 0.1) is 0 Å². The first-order chi connectivity index (χ1) is 12.8. The number of guanidine groups is 1. The Morgan fingerprint density at radius 1 is 1.37 bits per heavy atom. The molecule has 0 aromatic carbocycles. The van der Waals surface area contributed by atoms with Gasteiger partial charge in [-0.25, -0.2) is 4.98 Å². The van der Waals surface area contributed by atoms with Gasteiger partial charge in [-0.05, 0) is 0 Å². The Hall–Kier alpha value is -2.42. The molecule has 1 saturated heterocycles. The molecule has 1 fully saturated rings. The van der Waals surface area contributed by atoms with Crippen LogP contribution in [0.4, 0.5) is 5.69 Å². The van der Waals surface area contributed by atoms with Crippen molar-refractivity contribution >= 4 is 28.9 Å². The normalized spacial score (nSPS) is 16.2. The van der Waals surface area contributed by atoms with E-state index >= 15 is 0 Å². The lowest BCUT2D eigenvalue weighted by Gasteiger charge is -2.35. The van der Waals surface area contributed by atoms with Crippen LogP contribution in [-0.2, 0) is 23.8 Å².